The summed E-state index contributed by atoms with van der Waals surface area (Å²) in [5, 5.41) is 13.4. The van der Waals surface area contributed by atoms with Gasteiger partial charge in [-0.05, 0) is 25.0 Å². The number of carbonyl (C=O) groups is 1. The van der Waals surface area contributed by atoms with Crippen molar-refractivity contribution in [3.8, 4) is 0 Å². The fraction of sp³-hybridized carbons (Fsp3) is 0.462. The second-order valence-electron chi connectivity index (χ2n) is 4.64. The van der Waals surface area contributed by atoms with Crippen LogP contribution < -0.4 is 5.32 Å². The van der Waals surface area contributed by atoms with Gasteiger partial charge in [0.15, 0.2) is 0 Å². The van der Waals surface area contributed by atoms with Crippen LogP contribution in [0, 0.1) is 16.0 Å². The first kappa shape index (κ1) is 15.5. The summed E-state index contributed by atoms with van der Waals surface area (Å²) in [6.45, 7) is 6.07. The number of carbonyl (C=O) groups excluding carboxylic acids is 1. The van der Waals surface area contributed by atoms with Gasteiger partial charge >= 0.3 is 0 Å². The number of nitrogens with one attached hydrogen (secondary N) is 1. The van der Waals surface area contributed by atoms with E-state index in [0.29, 0.717) is 11.7 Å². The molecule has 0 heterocycles. The van der Waals surface area contributed by atoms with Crippen molar-refractivity contribution in [2.45, 2.75) is 31.7 Å². The van der Waals surface area contributed by atoms with Crippen LogP contribution in [0.1, 0.15) is 20.8 Å². The smallest absolute Gasteiger partial charge is 0.269 e. The van der Waals surface area contributed by atoms with E-state index in [1.165, 1.54) is 23.9 Å². The Labute approximate surface area is 116 Å². The summed E-state index contributed by atoms with van der Waals surface area (Å²) in [5.74, 6) is 0.687. The number of nitro benzene ring substituents is 1. The number of benzene rings is 1. The van der Waals surface area contributed by atoms with Crippen LogP contribution in [0.25, 0.3) is 0 Å². The Hall–Kier alpha value is -1.56. The fourth-order valence-electron chi connectivity index (χ4n) is 1.28. The highest BCUT2D eigenvalue weighted by Crippen LogP contribution is 2.21. The number of non-ortho nitro benzene ring substituents is 1. The predicted molar refractivity (Wildman–Crippen MR) is 76.3 cm³/mol. The van der Waals surface area contributed by atoms with Gasteiger partial charge in [0.25, 0.3) is 5.69 Å². The van der Waals surface area contributed by atoms with Gasteiger partial charge in [-0.3, -0.25) is 14.9 Å². The number of hydrogen-bond acceptors (Lipinski definition) is 4. The van der Waals surface area contributed by atoms with Gasteiger partial charge in [-0.15, -0.1) is 11.8 Å². The summed E-state index contributed by atoms with van der Waals surface area (Å²) in [7, 11) is 0. The molecular formula is C13H18N2O3S. The first-order chi connectivity index (χ1) is 8.90. The first-order valence-electron chi connectivity index (χ1n) is 6.06. The molecule has 1 N–H and O–H groups in total. The maximum absolute atomic E-state index is 11.7. The Morgan fingerprint density at radius 1 is 1.32 bits per heavy atom. The molecule has 5 nitrogen and oxygen atoms in total. The lowest BCUT2D eigenvalue weighted by atomic mass is 10.1. The topological polar surface area (TPSA) is 72.2 Å². The number of amides is 1. The SMILES string of the molecule is CC(C)C(C)NC(=O)CSc1ccc([N+](=O)[O-])cc1. The monoisotopic (exact) mass is 282 g/mol. The number of hydrogen-bond donors (Lipinski definition) is 1. The van der Waals surface area contributed by atoms with Crippen molar-refractivity contribution in [1.29, 1.82) is 0 Å². The molecule has 1 atom stereocenters. The van der Waals surface area contributed by atoms with E-state index in [9.17, 15) is 14.9 Å². The van der Waals surface area contributed by atoms with E-state index in [1.54, 1.807) is 12.1 Å². The molecule has 0 bridgehead atoms. The van der Waals surface area contributed by atoms with E-state index in [0.717, 1.165) is 4.90 Å². The van der Waals surface area contributed by atoms with Crippen LogP contribution in [0.5, 0.6) is 0 Å². The molecule has 1 rings (SSSR count). The lowest BCUT2D eigenvalue weighted by molar-refractivity contribution is -0.384. The standard InChI is InChI=1S/C13H18N2O3S/c1-9(2)10(3)14-13(16)8-19-12-6-4-11(5-7-12)15(17)18/h4-7,9-10H,8H2,1-3H3,(H,14,16). The highest BCUT2D eigenvalue weighted by Gasteiger charge is 2.11. The molecule has 0 aromatic heterocycles. The Kier molecular flexibility index (Phi) is 5.82. The van der Waals surface area contributed by atoms with E-state index in [-0.39, 0.29) is 17.6 Å². The van der Waals surface area contributed by atoms with E-state index >= 15 is 0 Å². The van der Waals surface area contributed by atoms with Crippen LogP contribution >= 0.6 is 11.8 Å². The Bertz CT molecular complexity index is 446. The molecule has 0 saturated carbocycles. The molecular weight excluding hydrogens is 264 g/mol. The second kappa shape index (κ2) is 7.13. The van der Waals surface area contributed by atoms with Crippen LogP contribution in [0.4, 0.5) is 5.69 Å². The van der Waals surface area contributed by atoms with E-state index in [1.807, 2.05) is 6.92 Å². The maximum Gasteiger partial charge on any atom is 0.269 e. The summed E-state index contributed by atoms with van der Waals surface area (Å²) in [6, 6.07) is 6.34. The second-order valence-corrected chi connectivity index (χ2v) is 5.69. The third-order valence-electron chi connectivity index (χ3n) is 2.81. The van der Waals surface area contributed by atoms with Gasteiger partial charge in [0.2, 0.25) is 5.91 Å². The third kappa shape index (κ3) is 5.30. The molecule has 104 valence electrons. The van der Waals surface area contributed by atoms with Crippen molar-refractivity contribution in [2.75, 3.05) is 5.75 Å². The van der Waals surface area contributed by atoms with Gasteiger partial charge in [-0.2, -0.15) is 0 Å². The summed E-state index contributed by atoms with van der Waals surface area (Å²) < 4.78 is 0. The number of thioether (sulfide) groups is 1. The van der Waals surface area contributed by atoms with Crippen LogP contribution in [-0.2, 0) is 4.79 Å². The minimum atomic E-state index is -0.439. The van der Waals surface area contributed by atoms with Gasteiger partial charge in [-0.25, -0.2) is 0 Å². The van der Waals surface area contributed by atoms with E-state index in [2.05, 4.69) is 19.2 Å². The van der Waals surface area contributed by atoms with Crippen LogP contribution in [0.2, 0.25) is 0 Å². The van der Waals surface area contributed by atoms with Gasteiger partial charge in [0.05, 0.1) is 10.7 Å². The van der Waals surface area contributed by atoms with Gasteiger partial charge < -0.3 is 5.32 Å². The third-order valence-corrected chi connectivity index (χ3v) is 3.82. The molecule has 1 amide bonds. The quantitative estimate of drug-likeness (QED) is 0.494. The molecule has 19 heavy (non-hydrogen) atoms. The minimum Gasteiger partial charge on any atom is -0.353 e. The first-order valence-corrected chi connectivity index (χ1v) is 7.05. The average Bonchev–Trinajstić information content (AvgIpc) is 2.36. The van der Waals surface area contributed by atoms with Crippen molar-refractivity contribution >= 4 is 23.4 Å². The molecule has 6 heteroatoms. The maximum atomic E-state index is 11.7. The van der Waals surface area contributed by atoms with Crippen LogP contribution in [0.3, 0.4) is 0 Å². The molecule has 1 aromatic carbocycles. The zero-order chi connectivity index (χ0) is 14.4. The lowest BCUT2D eigenvalue weighted by Gasteiger charge is -2.17. The normalized spacial score (nSPS) is 12.2. The molecule has 0 aliphatic heterocycles. The van der Waals surface area contributed by atoms with Gasteiger partial charge in [-0.1, -0.05) is 13.8 Å². The molecule has 0 fully saturated rings. The average molecular weight is 282 g/mol. The van der Waals surface area contributed by atoms with Crippen molar-refractivity contribution in [2.24, 2.45) is 5.92 Å². The van der Waals surface area contributed by atoms with Gasteiger partial charge in [0.1, 0.15) is 0 Å². The van der Waals surface area contributed by atoms with Crippen molar-refractivity contribution < 1.29 is 9.72 Å². The highest BCUT2D eigenvalue weighted by molar-refractivity contribution is 8.00. The summed E-state index contributed by atoms with van der Waals surface area (Å²) >= 11 is 1.37. The van der Waals surface area contributed by atoms with E-state index in [4.69, 9.17) is 0 Å². The minimum absolute atomic E-state index is 0.0236. The predicted octanol–water partition coefficient (Wildman–Crippen LogP) is 2.85. The zero-order valence-electron chi connectivity index (χ0n) is 11.3. The number of nitrogens with zero attached hydrogens (tertiary/aromatic N) is 1. The molecule has 0 saturated heterocycles. The van der Waals surface area contributed by atoms with Crippen LogP contribution in [-0.4, -0.2) is 22.6 Å². The van der Waals surface area contributed by atoms with Gasteiger partial charge in [0, 0.05) is 23.1 Å². The van der Waals surface area contributed by atoms with E-state index < -0.39 is 4.92 Å². The summed E-state index contributed by atoms with van der Waals surface area (Å²) in [4.78, 5) is 22.6. The summed E-state index contributed by atoms with van der Waals surface area (Å²) in [5.41, 5.74) is 0.0576. The molecule has 0 aliphatic rings. The number of rotatable bonds is 6. The fourth-order valence-corrected chi connectivity index (χ4v) is 1.98. The largest absolute Gasteiger partial charge is 0.353 e. The zero-order valence-corrected chi connectivity index (χ0v) is 12.1. The Morgan fingerprint density at radius 2 is 1.89 bits per heavy atom. The Balaban J connectivity index is 2.44. The van der Waals surface area contributed by atoms with Crippen molar-refractivity contribution in [3.05, 3.63) is 34.4 Å². The Morgan fingerprint density at radius 3 is 2.37 bits per heavy atom. The van der Waals surface area contributed by atoms with Crippen molar-refractivity contribution in [3.63, 3.8) is 0 Å². The molecule has 1 unspecified atom stereocenters. The number of nitro groups is 1. The molecule has 0 spiro atoms. The van der Waals surface area contributed by atoms with Crippen molar-refractivity contribution in [1.82, 2.24) is 5.32 Å². The highest BCUT2D eigenvalue weighted by atomic mass is 32.2. The lowest BCUT2D eigenvalue weighted by Crippen LogP contribution is -2.37. The molecule has 0 radical (unpaired) electrons. The van der Waals surface area contributed by atoms with Crippen LogP contribution in [0.15, 0.2) is 29.2 Å². The molecule has 1 aromatic rings. The summed E-state index contributed by atoms with van der Waals surface area (Å²) in [6.07, 6.45) is 0. The molecule has 0 aliphatic carbocycles.